The molecule has 2 aromatic rings. The van der Waals surface area contributed by atoms with Crippen molar-refractivity contribution in [3.63, 3.8) is 0 Å². The predicted octanol–water partition coefficient (Wildman–Crippen LogP) is 1.01. The zero-order chi connectivity index (χ0) is 13.7. The first-order valence-corrected chi connectivity index (χ1v) is 7.02. The van der Waals surface area contributed by atoms with Crippen LogP contribution >= 0.6 is 11.3 Å². The minimum Gasteiger partial charge on any atom is -0.299 e. The molecule has 2 aromatic heterocycles. The Balaban J connectivity index is 1.86. The van der Waals surface area contributed by atoms with E-state index in [4.69, 9.17) is 5.84 Å². The highest BCUT2D eigenvalue weighted by Gasteiger charge is 2.04. The summed E-state index contributed by atoms with van der Waals surface area (Å²) in [5, 5.41) is 2.55. The maximum Gasteiger partial charge on any atom is 0.262 e. The molecular formula is C12H16N4O2S. The Morgan fingerprint density at radius 3 is 3.05 bits per heavy atom. The lowest BCUT2D eigenvalue weighted by Gasteiger charge is -2.05. The van der Waals surface area contributed by atoms with Crippen molar-refractivity contribution < 1.29 is 4.79 Å². The number of rotatable bonds is 6. The van der Waals surface area contributed by atoms with E-state index < -0.39 is 0 Å². The second-order valence-electron chi connectivity index (χ2n) is 4.26. The zero-order valence-corrected chi connectivity index (χ0v) is 11.3. The summed E-state index contributed by atoms with van der Waals surface area (Å²) in [5.74, 6) is 4.83. The molecule has 0 saturated carbocycles. The highest BCUT2D eigenvalue weighted by atomic mass is 32.1. The number of fused-ring (bicyclic) bond motifs is 1. The number of hydrogen-bond donors (Lipinski definition) is 2. The van der Waals surface area contributed by atoms with Crippen LogP contribution in [0.2, 0.25) is 0 Å². The van der Waals surface area contributed by atoms with Gasteiger partial charge in [-0.3, -0.25) is 19.6 Å². The van der Waals surface area contributed by atoms with Crippen molar-refractivity contribution in [2.24, 2.45) is 5.84 Å². The van der Waals surface area contributed by atoms with Crippen molar-refractivity contribution in [1.29, 1.82) is 0 Å². The van der Waals surface area contributed by atoms with E-state index in [0.29, 0.717) is 18.4 Å². The summed E-state index contributed by atoms with van der Waals surface area (Å²) >= 11 is 1.47. The number of nitrogens with two attached hydrogens (primary N) is 1. The number of carbonyl (C=O) groups is 1. The molecule has 0 atom stereocenters. The average Bonchev–Trinajstić information content (AvgIpc) is 2.89. The third-order valence-corrected chi connectivity index (χ3v) is 3.74. The smallest absolute Gasteiger partial charge is 0.262 e. The third-order valence-electron chi connectivity index (χ3n) is 2.91. The lowest BCUT2D eigenvalue weighted by molar-refractivity contribution is -0.121. The van der Waals surface area contributed by atoms with Gasteiger partial charge in [-0.25, -0.2) is 10.8 Å². The van der Waals surface area contributed by atoms with Crippen molar-refractivity contribution in [3.05, 3.63) is 28.1 Å². The molecule has 0 aliphatic carbocycles. The van der Waals surface area contributed by atoms with Gasteiger partial charge in [-0.2, -0.15) is 0 Å². The molecule has 6 nitrogen and oxygen atoms in total. The van der Waals surface area contributed by atoms with Crippen LogP contribution in [0.15, 0.2) is 22.6 Å². The molecule has 0 aromatic carbocycles. The van der Waals surface area contributed by atoms with Crippen LogP contribution in [0.5, 0.6) is 0 Å². The summed E-state index contributed by atoms with van der Waals surface area (Å²) < 4.78 is 1.62. The Kier molecular flexibility index (Phi) is 4.64. The fourth-order valence-electron chi connectivity index (χ4n) is 1.87. The summed E-state index contributed by atoms with van der Waals surface area (Å²) in [6, 6.07) is 1.80. The Morgan fingerprint density at radius 2 is 2.26 bits per heavy atom. The van der Waals surface area contributed by atoms with E-state index in [9.17, 15) is 9.59 Å². The van der Waals surface area contributed by atoms with E-state index in [2.05, 4.69) is 10.4 Å². The summed E-state index contributed by atoms with van der Waals surface area (Å²) in [7, 11) is 0. The third kappa shape index (κ3) is 3.39. The number of aromatic nitrogens is 2. The monoisotopic (exact) mass is 280 g/mol. The normalized spacial score (nSPS) is 10.8. The molecule has 0 radical (unpaired) electrons. The van der Waals surface area contributed by atoms with Gasteiger partial charge < -0.3 is 0 Å². The molecule has 0 bridgehead atoms. The van der Waals surface area contributed by atoms with Gasteiger partial charge >= 0.3 is 0 Å². The standard InChI is InChI=1S/C12H16N4O2S/c13-15-10(17)4-2-1-3-6-16-8-14-11-9(12(16)18)5-7-19-11/h5,7-8H,1-4,6,13H2,(H,15,17). The average molecular weight is 280 g/mol. The molecule has 1 amide bonds. The highest BCUT2D eigenvalue weighted by Crippen LogP contribution is 2.13. The number of nitrogens with zero attached hydrogens (tertiary/aromatic N) is 2. The van der Waals surface area contributed by atoms with Crippen molar-refractivity contribution >= 4 is 27.5 Å². The molecule has 102 valence electrons. The topological polar surface area (TPSA) is 90.0 Å². The number of carbonyl (C=O) groups excluding carboxylic acids is 1. The van der Waals surface area contributed by atoms with Gasteiger partial charge in [-0.1, -0.05) is 6.42 Å². The molecule has 0 aliphatic heterocycles. The molecule has 0 spiro atoms. The molecule has 0 aliphatic rings. The number of amides is 1. The van der Waals surface area contributed by atoms with Gasteiger partial charge in [0.25, 0.3) is 5.56 Å². The van der Waals surface area contributed by atoms with Crippen LogP contribution in [0.1, 0.15) is 25.7 Å². The Labute approximate surface area is 114 Å². The number of hydrazine groups is 1. The number of nitrogens with one attached hydrogen (secondary N) is 1. The molecule has 19 heavy (non-hydrogen) atoms. The Hall–Kier alpha value is -1.73. The van der Waals surface area contributed by atoms with Crippen LogP contribution in [0.4, 0.5) is 0 Å². The number of hydrogen-bond acceptors (Lipinski definition) is 5. The van der Waals surface area contributed by atoms with Gasteiger partial charge in [-0.05, 0) is 24.3 Å². The Morgan fingerprint density at radius 1 is 1.42 bits per heavy atom. The van der Waals surface area contributed by atoms with Crippen LogP contribution < -0.4 is 16.8 Å². The molecule has 0 unspecified atom stereocenters. The minimum absolute atomic E-state index is 0.00551. The maximum atomic E-state index is 12.1. The van der Waals surface area contributed by atoms with Crippen molar-refractivity contribution in [2.45, 2.75) is 32.2 Å². The zero-order valence-electron chi connectivity index (χ0n) is 10.5. The van der Waals surface area contributed by atoms with Crippen LogP contribution in [-0.4, -0.2) is 15.5 Å². The van der Waals surface area contributed by atoms with Crippen molar-refractivity contribution in [2.75, 3.05) is 0 Å². The molecule has 2 heterocycles. The lowest BCUT2D eigenvalue weighted by atomic mass is 10.2. The van der Waals surface area contributed by atoms with Gasteiger partial charge in [0, 0.05) is 13.0 Å². The Bertz CT molecular complexity index is 619. The maximum absolute atomic E-state index is 12.1. The van der Waals surface area contributed by atoms with Crippen LogP contribution in [0.25, 0.3) is 10.2 Å². The fourth-order valence-corrected chi connectivity index (χ4v) is 2.59. The lowest BCUT2D eigenvalue weighted by Crippen LogP contribution is -2.29. The van der Waals surface area contributed by atoms with Gasteiger partial charge in [-0.15, -0.1) is 11.3 Å². The highest BCUT2D eigenvalue weighted by molar-refractivity contribution is 7.16. The molecular weight excluding hydrogens is 264 g/mol. The molecule has 3 N–H and O–H groups in total. The van der Waals surface area contributed by atoms with Crippen LogP contribution in [-0.2, 0) is 11.3 Å². The van der Waals surface area contributed by atoms with E-state index in [1.165, 1.54) is 11.3 Å². The SMILES string of the molecule is NNC(=O)CCCCCn1cnc2sccc2c1=O. The van der Waals surface area contributed by atoms with Crippen molar-refractivity contribution in [3.8, 4) is 0 Å². The minimum atomic E-state index is -0.154. The van der Waals surface area contributed by atoms with Crippen LogP contribution in [0, 0.1) is 0 Å². The number of thiophene rings is 1. The molecule has 0 fully saturated rings. The second kappa shape index (κ2) is 6.44. The first-order valence-electron chi connectivity index (χ1n) is 6.14. The van der Waals surface area contributed by atoms with Gasteiger partial charge in [0.15, 0.2) is 0 Å². The summed E-state index contributed by atoms with van der Waals surface area (Å²) in [6.45, 7) is 0.627. The van der Waals surface area contributed by atoms with Gasteiger partial charge in [0.05, 0.1) is 11.7 Å². The van der Waals surface area contributed by atoms with E-state index in [0.717, 1.165) is 24.1 Å². The predicted molar refractivity (Wildman–Crippen MR) is 74.7 cm³/mol. The largest absolute Gasteiger partial charge is 0.299 e. The van der Waals surface area contributed by atoms with Gasteiger partial charge in [0.2, 0.25) is 5.91 Å². The fraction of sp³-hybridized carbons (Fsp3) is 0.417. The van der Waals surface area contributed by atoms with Crippen molar-refractivity contribution in [1.82, 2.24) is 15.0 Å². The van der Waals surface area contributed by atoms with Gasteiger partial charge in [0.1, 0.15) is 4.83 Å². The van der Waals surface area contributed by atoms with E-state index >= 15 is 0 Å². The molecule has 7 heteroatoms. The summed E-state index contributed by atoms with van der Waals surface area (Å²) in [4.78, 5) is 28.0. The van der Waals surface area contributed by atoms with E-state index in [1.54, 1.807) is 17.0 Å². The molecule has 2 rings (SSSR count). The van der Waals surface area contributed by atoms with E-state index in [1.807, 2.05) is 5.38 Å². The second-order valence-corrected chi connectivity index (χ2v) is 5.16. The first-order chi connectivity index (χ1) is 9.22. The van der Waals surface area contributed by atoms with Crippen LogP contribution in [0.3, 0.4) is 0 Å². The quantitative estimate of drug-likeness (QED) is 0.357. The van der Waals surface area contributed by atoms with E-state index in [-0.39, 0.29) is 11.5 Å². The number of unbranched alkanes of at least 4 members (excludes halogenated alkanes) is 2. The number of aryl methyl sites for hydroxylation is 1. The molecule has 0 saturated heterocycles. The summed E-state index contributed by atoms with van der Waals surface area (Å²) in [5.41, 5.74) is 2.10. The first kappa shape index (κ1) is 13.7. The summed E-state index contributed by atoms with van der Waals surface area (Å²) in [6.07, 6.45) is 4.50.